The van der Waals surface area contributed by atoms with Gasteiger partial charge in [0.05, 0.1) is 6.61 Å². The van der Waals surface area contributed by atoms with E-state index in [-0.39, 0.29) is 13.0 Å². The predicted molar refractivity (Wildman–Crippen MR) is 65.6 cm³/mol. The zero-order valence-electron chi connectivity index (χ0n) is 11.1. The van der Waals surface area contributed by atoms with Gasteiger partial charge in [-0.05, 0) is 12.8 Å². The second-order valence-corrected chi connectivity index (χ2v) is 4.22. The normalized spacial score (nSPS) is 13.8. The maximum Gasteiger partial charge on any atom is 0.516 e. The van der Waals surface area contributed by atoms with Gasteiger partial charge in [-0.2, -0.15) is 0 Å². The molecule has 0 saturated heterocycles. The van der Waals surface area contributed by atoms with Crippen LogP contribution in [-0.4, -0.2) is 29.6 Å². The van der Waals surface area contributed by atoms with Gasteiger partial charge in [0.25, 0.3) is 0 Å². The van der Waals surface area contributed by atoms with Gasteiger partial charge in [0.2, 0.25) is 5.72 Å². The molecule has 18 heavy (non-hydrogen) atoms. The van der Waals surface area contributed by atoms with Gasteiger partial charge in [-0.15, -0.1) is 0 Å². The van der Waals surface area contributed by atoms with Crippen LogP contribution in [0.3, 0.4) is 0 Å². The average molecular weight is 261 g/mol. The molecule has 0 saturated carbocycles. The zero-order chi connectivity index (χ0) is 14.0. The number of hydrogen-bond donors (Lipinski definition) is 2. The summed E-state index contributed by atoms with van der Waals surface area (Å²) < 4.78 is 8.94. The SMILES string of the molecule is CCCCCC(N)(O)C(=O)OC(=O)OCCCC. The van der Waals surface area contributed by atoms with Crippen LogP contribution in [0.4, 0.5) is 4.79 Å². The number of ether oxygens (including phenoxy) is 2. The van der Waals surface area contributed by atoms with Crippen molar-refractivity contribution in [3.63, 3.8) is 0 Å². The number of aliphatic hydroxyl groups is 1. The summed E-state index contributed by atoms with van der Waals surface area (Å²) in [5.41, 5.74) is 3.25. The second kappa shape index (κ2) is 8.88. The summed E-state index contributed by atoms with van der Waals surface area (Å²) in [6.07, 6.45) is 2.85. The summed E-state index contributed by atoms with van der Waals surface area (Å²) in [5.74, 6) is -1.17. The van der Waals surface area contributed by atoms with Crippen LogP contribution in [0.1, 0.15) is 52.4 Å². The molecule has 0 aromatic heterocycles. The third kappa shape index (κ3) is 7.24. The van der Waals surface area contributed by atoms with Crippen molar-refractivity contribution < 1.29 is 24.2 Å². The standard InChI is InChI=1S/C12H23NO5/c1-3-5-7-8-12(13,16)10(14)18-11(15)17-9-6-4-2/h16H,3-9,13H2,1-2H3. The smallest absolute Gasteiger partial charge is 0.434 e. The summed E-state index contributed by atoms with van der Waals surface area (Å²) in [4.78, 5) is 22.5. The molecule has 6 heteroatoms. The first-order valence-corrected chi connectivity index (χ1v) is 6.34. The molecule has 0 spiro atoms. The largest absolute Gasteiger partial charge is 0.516 e. The van der Waals surface area contributed by atoms with Gasteiger partial charge >= 0.3 is 12.1 Å². The molecule has 0 fully saturated rings. The van der Waals surface area contributed by atoms with Crippen LogP contribution in [0.5, 0.6) is 0 Å². The molecule has 0 aliphatic rings. The average Bonchev–Trinajstić information content (AvgIpc) is 2.29. The highest BCUT2D eigenvalue weighted by molar-refractivity contribution is 5.87. The minimum atomic E-state index is -2.13. The first-order valence-electron chi connectivity index (χ1n) is 6.34. The monoisotopic (exact) mass is 261 g/mol. The van der Waals surface area contributed by atoms with Gasteiger partial charge < -0.3 is 14.6 Å². The maximum absolute atomic E-state index is 11.4. The van der Waals surface area contributed by atoms with E-state index < -0.39 is 17.8 Å². The summed E-state index contributed by atoms with van der Waals surface area (Å²) in [5, 5.41) is 9.63. The third-order valence-corrected chi connectivity index (χ3v) is 2.41. The number of rotatable bonds is 8. The van der Waals surface area contributed by atoms with E-state index in [1.807, 2.05) is 13.8 Å². The van der Waals surface area contributed by atoms with Crippen molar-refractivity contribution in [2.45, 2.75) is 58.1 Å². The van der Waals surface area contributed by atoms with Crippen LogP contribution in [0, 0.1) is 0 Å². The number of nitrogens with two attached hydrogens (primary N) is 1. The highest BCUT2D eigenvalue weighted by atomic mass is 16.7. The lowest BCUT2D eigenvalue weighted by Crippen LogP contribution is -2.49. The molecule has 0 rings (SSSR count). The topological polar surface area (TPSA) is 98.9 Å². The fourth-order valence-electron chi connectivity index (χ4n) is 1.24. The van der Waals surface area contributed by atoms with Crippen molar-refractivity contribution in [3.05, 3.63) is 0 Å². The lowest BCUT2D eigenvalue weighted by Gasteiger charge is -2.19. The predicted octanol–water partition coefficient (Wildman–Crippen LogP) is 1.69. The Morgan fingerprint density at radius 2 is 1.78 bits per heavy atom. The zero-order valence-corrected chi connectivity index (χ0v) is 11.1. The third-order valence-electron chi connectivity index (χ3n) is 2.41. The molecule has 0 aromatic carbocycles. The number of carbonyl (C=O) groups excluding carboxylic acids is 2. The van der Waals surface area contributed by atoms with E-state index in [1.54, 1.807) is 0 Å². The molecule has 106 valence electrons. The van der Waals surface area contributed by atoms with Gasteiger partial charge in [-0.25, -0.2) is 9.59 Å². The van der Waals surface area contributed by atoms with E-state index in [9.17, 15) is 14.7 Å². The molecule has 0 amide bonds. The molecule has 0 bridgehead atoms. The Labute approximate surface area is 107 Å². The molecule has 0 radical (unpaired) electrons. The van der Waals surface area contributed by atoms with Gasteiger partial charge in [0.1, 0.15) is 0 Å². The van der Waals surface area contributed by atoms with Crippen LogP contribution >= 0.6 is 0 Å². The lowest BCUT2D eigenvalue weighted by atomic mass is 10.1. The lowest BCUT2D eigenvalue weighted by molar-refractivity contribution is -0.161. The van der Waals surface area contributed by atoms with E-state index in [4.69, 9.17) is 5.73 Å². The highest BCUT2D eigenvalue weighted by Crippen LogP contribution is 2.11. The number of carbonyl (C=O) groups is 2. The van der Waals surface area contributed by atoms with Crippen molar-refractivity contribution >= 4 is 12.1 Å². The maximum atomic E-state index is 11.4. The Hall–Kier alpha value is -1.14. The Balaban J connectivity index is 4.00. The van der Waals surface area contributed by atoms with Crippen molar-refractivity contribution in [3.8, 4) is 0 Å². The van der Waals surface area contributed by atoms with Crippen molar-refractivity contribution in [2.24, 2.45) is 5.73 Å². The molecule has 1 unspecified atom stereocenters. The molecule has 0 aliphatic heterocycles. The Bertz CT molecular complexity index is 265. The fraction of sp³-hybridized carbons (Fsp3) is 0.833. The molecule has 1 atom stereocenters. The molecule has 0 aromatic rings. The van der Waals surface area contributed by atoms with Crippen LogP contribution in [0.2, 0.25) is 0 Å². The summed E-state index contributed by atoms with van der Waals surface area (Å²) in [6, 6.07) is 0. The van der Waals surface area contributed by atoms with E-state index in [0.29, 0.717) is 12.8 Å². The highest BCUT2D eigenvalue weighted by Gasteiger charge is 2.34. The quantitative estimate of drug-likeness (QED) is 0.298. The van der Waals surface area contributed by atoms with Crippen LogP contribution < -0.4 is 5.73 Å². The molecular weight excluding hydrogens is 238 g/mol. The van der Waals surface area contributed by atoms with Crippen LogP contribution in [0.25, 0.3) is 0 Å². The fourth-order valence-corrected chi connectivity index (χ4v) is 1.24. The van der Waals surface area contributed by atoms with Crippen molar-refractivity contribution in [1.82, 2.24) is 0 Å². The van der Waals surface area contributed by atoms with Gasteiger partial charge in [0.15, 0.2) is 0 Å². The second-order valence-electron chi connectivity index (χ2n) is 4.22. The molecule has 0 aliphatic carbocycles. The minimum Gasteiger partial charge on any atom is -0.434 e. The summed E-state index contributed by atoms with van der Waals surface area (Å²) >= 11 is 0. The Morgan fingerprint density at radius 1 is 1.17 bits per heavy atom. The number of esters is 1. The molecule has 6 nitrogen and oxygen atoms in total. The first-order chi connectivity index (χ1) is 8.44. The van der Waals surface area contributed by atoms with E-state index in [2.05, 4.69) is 9.47 Å². The minimum absolute atomic E-state index is 0.0575. The van der Waals surface area contributed by atoms with Gasteiger partial charge in [-0.3, -0.25) is 5.73 Å². The number of hydrogen-bond acceptors (Lipinski definition) is 6. The summed E-state index contributed by atoms with van der Waals surface area (Å²) in [7, 11) is 0. The van der Waals surface area contributed by atoms with Gasteiger partial charge in [0, 0.05) is 6.42 Å². The Kier molecular flexibility index (Phi) is 8.32. The summed E-state index contributed by atoms with van der Waals surface area (Å²) in [6.45, 7) is 4.10. The van der Waals surface area contributed by atoms with Crippen molar-refractivity contribution in [1.29, 1.82) is 0 Å². The van der Waals surface area contributed by atoms with Crippen LogP contribution in [-0.2, 0) is 14.3 Å². The molecule has 0 heterocycles. The van der Waals surface area contributed by atoms with Crippen molar-refractivity contribution in [2.75, 3.05) is 6.61 Å². The Morgan fingerprint density at radius 3 is 2.33 bits per heavy atom. The molecule has 3 N–H and O–H groups in total. The molecular formula is C12H23NO5. The van der Waals surface area contributed by atoms with E-state index in [0.717, 1.165) is 19.3 Å². The van der Waals surface area contributed by atoms with Crippen LogP contribution in [0.15, 0.2) is 0 Å². The van der Waals surface area contributed by atoms with Gasteiger partial charge in [-0.1, -0.05) is 33.1 Å². The van der Waals surface area contributed by atoms with E-state index >= 15 is 0 Å². The number of unbranched alkanes of at least 4 members (excludes halogenated alkanes) is 3. The first kappa shape index (κ1) is 16.9. The van der Waals surface area contributed by atoms with E-state index in [1.165, 1.54) is 0 Å².